The molecule has 34 heavy (non-hydrogen) atoms. The Morgan fingerprint density at radius 1 is 1.35 bits per heavy atom. The van der Waals surface area contributed by atoms with E-state index in [0.29, 0.717) is 6.42 Å². The molecule has 0 radical (unpaired) electrons. The van der Waals surface area contributed by atoms with Gasteiger partial charge in [0, 0.05) is 31.2 Å². The first-order chi connectivity index (χ1) is 16.1. The molecule has 2 N–H and O–H groups in total. The summed E-state index contributed by atoms with van der Waals surface area (Å²) in [6.45, 7) is 12.3. The van der Waals surface area contributed by atoms with Crippen molar-refractivity contribution >= 4 is 14.4 Å². The van der Waals surface area contributed by atoms with Crippen molar-refractivity contribution in [3.8, 4) is 6.07 Å². The fraction of sp³-hybridized carbons (Fsp3) is 0.727. The Hall–Kier alpha value is -2.09. The summed E-state index contributed by atoms with van der Waals surface area (Å²) in [5.74, 6) is -0.892. The van der Waals surface area contributed by atoms with Crippen molar-refractivity contribution in [2.45, 2.75) is 84.9 Å². The van der Waals surface area contributed by atoms with E-state index in [1.165, 1.54) is 17.8 Å². The molecule has 0 saturated carbocycles. The summed E-state index contributed by atoms with van der Waals surface area (Å²) in [7, 11) is -0.102. The average Bonchev–Trinajstić information content (AvgIpc) is 3.08. The van der Waals surface area contributed by atoms with Crippen LogP contribution >= 0.6 is 8.53 Å². The second-order valence-electron chi connectivity index (χ2n) is 8.74. The largest absolute Gasteiger partial charge is 0.355 e. The summed E-state index contributed by atoms with van der Waals surface area (Å²) >= 11 is 0. The minimum atomic E-state index is -1.51. The van der Waals surface area contributed by atoms with Crippen LogP contribution in [0.4, 0.5) is 0 Å². The highest BCUT2D eigenvalue weighted by Crippen LogP contribution is 2.51. The van der Waals surface area contributed by atoms with Crippen LogP contribution in [0.1, 0.15) is 71.0 Å². The van der Waals surface area contributed by atoms with Crippen molar-refractivity contribution in [2.75, 3.05) is 13.7 Å². The van der Waals surface area contributed by atoms with Crippen LogP contribution < -0.4 is 16.6 Å². The van der Waals surface area contributed by atoms with Crippen LogP contribution in [0.5, 0.6) is 0 Å². The molecule has 2 heterocycles. The van der Waals surface area contributed by atoms with E-state index in [-0.39, 0.29) is 42.7 Å². The van der Waals surface area contributed by atoms with Crippen LogP contribution in [0.3, 0.4) is 0 Å². The van der Waals surface area contributed by atoms with Crippen LogP contribution in [0.15, 0.2) is 15.8 Å². The van der Waals surface area contributed by atoms with E-state index in [4.69, 9.17) is 19.0 Å². The lowest BCUT2D eigenvalue weighted by Gasteiger charge is -2.38. The zero-order valence-corrected chi connectivity index (χ0v) is 21.8. The quantitative estimate of drug-likeness (QED) is 0.351. The average molecular weight is 498 g/mol. The number of carbonyl (C=O) groups is 1. The van der Waals surface area contributed by atoms with E-state index in [0.717, 1.165) is 0 Å². The predicted octanol–water partition coefficient (Wildman–Crippen LogP) is 2.50. The molecule has 2 unspecified atom stereocenters. The summed E-state index contributed by atoms with van der Waals surface area (Å²) in [4.78, 5) is 39.0. The molecule has 1 fully saturated rings. The van der Waals surface area contributed by atoms with Gasteiger partial charge in [-0.05, 0) is 34.1 Å². The molecule has 1 aliphatic heterocycles. The summed E-state index contributed by atoms with van der Waals surface area (Å²) in [6, 6.07) is 2.36. The van der Waals surface area contributed by atoms with Crippen molar-refractivity contribution in [3.05, 3.63) is 32.6 Å². The lowest BCUT2D eigenvalue weighted by atomic mass is 10.0. The molecule has 0 spiro atoms. The normalized spacial score (nSPS) is 23.4. The Balaban J connectivity index is 2.40. The second-order valence-corrected chi connectivity index (χ2v) is 10.1. The smallest absolute Gasteiger partial charge is 0.330 e. The molecule has 1 saturated heterocycles. The van der Waals surface area contributed by atoms with Gasteiger partial charge in [0.05, 0.1) is 31.3 Å². The number of nitrogens with one attached hydrogen (secondary N) is 2. The van der Waals surface area contributed by atoms with E-state index < -0.39 is 38.0 Å². The highest BCUT2D eigenvalue weighted by Gasteiger charge is 2.46. The zero-order valence-electron chi connectivity index (χ0n) is 20.9. The fourth-order valence-electron chi connectivity index (χ4n) is 4.06. The molecule has 1 aromatic heterocycles. The van der Waals surface area contributed by atoms with Gasteiger partial charge in [0.1, 0.15) is 11.8 Å². The maximum atomic E-state index is 12.6. The first-order valence-electron chi connectivity index (χ1n) is 11.5. The van der Waals surface area contributed by atoms with Gasteiger partial charge in [-0.15, -0.1) is 0 Å². The Kier molecular flexibility index (Phi) is 10.4. The van der Waals surface area contributed by atoms with Gasteiger partial charge in [0.2, 0.25) is 0 Å². The number of hydrogen-bond acceptors (Lipinski definition) is 8. The standard InChI is InChI=1S/C22H36N5O6P/c1-8-17-18(33-34(31-11-9-10-23)27(13(2)3)14(4)5)15(6)21(32-17)26-12-16(19(28)24-7)20(29)25-22(26)30/h12-15,17-18,21H,8-9,11H2,1-7H3,(H,24,28)(H,25,29,30)/t15-,17+,18?,21+,34?/m0/s1. The van der Waals surface area contributed by atoms with Crippen molar-refractivity contribution in [1.29, 1.82) is 5.26 Å². The topological polar surface area (TPSA) is 139 Å². The Bertz CT molecular complexity index is 979. The monoisotopic (exact) mass is 497 g/mol. The number of aromatic nitrogens is 2. The fourth-order valence-corrected chi connectivity index (χ4v) is 5.90. The number of amides is 1. The molecular weight excluding hydrogens is 461 g/mol. The maximum absolute atomic E-state index is 12.6. The molecule has 11 nitrogen and oxygen atoms in total. The molecule has 2 rings (SSSR count). The van der Waals surface area contributed by atoms with Crippen LogP contribution in [-0.2, 0) is 13.8 Å². The van der Waals surface area contributed by atoms with E-state index >= 15 is 0 Å². The number of H-pyrrole nitrogens is 1. The third-order valence-corrected chi connectivity index (χ3v) is 7.77. The minimum absolute atomic E-state index is 0.138. The summed E-state index contributed by atoms with van der Waals surface area (Å²) in [5.41, 5.74) is -1.60. The summed E-state index contributed by atoms with van der Waals surface area (Å²) in [6.07, 6.45) is 0.606. The molecule has 12 heteroatoms. The molecule has 5 atom stereocenters. The lowest BCUT2D eigenvalue weighted by Crippen LogP contribution is -2.39. The van der Waals surface area contributed by atoms with Gasteiger partial charge < -0.3 is 19.1 Å². The van der Waals surface area contributed by atoms with Crippen molar-refractivity contribution in [2.24, 2.45) is 5.92 Å². The maximum Gasteiger partial charge on any atom is 0.330 e. The molecule has 1 aliphatic rings. The zero-order chi connectivity index (χ0) is 25.6. The predicted molar refractivity (Wildman–Crippen MR) is 128 cm³/mol. The number of nitrogens with zero attached hydrogens (tertiary/aromatic N) is 3. The number of carbonyl (C=O) groups excluding carboxylic acids is 1. The number of aromatic amines is 1. The number of rotatable bonds is 11. The van der Waals surface area contributed by atoms with Crippen molar-refractivity contribution < 1.29 is 18.6 Å². The number of hydrogen-bond donors (Lipinski definition) is 2. The molecule has 0 aromatic carbocycles. The molecule has 0 bridgehead atoms. The van der Waals surface area contributed by atoms with E-state index in [2.05, 4.69) is 48.7 Å². The van der Waals surface area contributed by atoms with Crippen molar-refractivity contribution in [1.82, 2.24) is 19.5 Å². The number of ether oxygens (including phenoxy) is 1. The lowest BCUT2D eigenvalue weighted by molar-refractivity contribution is -0.0239. The van der Waals surface area contributed by atoms with Gasteiger partial charge in [0.25, 0.3) is 20.0 Å². The molecule has 190 valence electrons. The van der Waals surface area contributed by atoms with Crippen LogP contribution in [0.25, 0.3) is 0 Å². The molecule has 0 aliphatic carbocycles. The van der Waals surface area contributed by atoms with Gasteiger partial charge in [-0.2, -0.15) is 5.26 Å². The van der Waals surface area contributed by atoms with Gasteiger partial charge in [0.15, 0.2) is 0 Å². The van der Waals surface area contributed by atoms with Gasteiger partial charge >= 0.3 is 5.69 Å². The minimum Gasteiger partial charge on any atom is -0.355 e. The third-order valence-electron chi connectivity index (χ3n) is 5.64. The molecule has 1 aromatic rings. The van der Waals surface area contributed by atoms with Crippen molar-refractivity contribution in [3.63, 3.8) is 0 Å². The Morgan fingerprint density at radius 3 is 2.53 bits per heavy atom. The van der Waals surface area contributed by atoms with Gasteiger partial charge in [-0.25, -0.2) is 9.46 Å². The number of nitriles is 1. The van der Waals surface area contributed by atoms with Crippen LogP contribution in [0.2, 0.25) is 0 Å². The molecular formula is C22H36N5O6P. The Morgan fingerprint density at radius 2 is 2.00 bits per heavy atom. The third kappa shape index (κ3) is 6.32. The SMILES string of the molecule is CC[C@H]1O[C@@H](n2cc(C(=O)NC)c(=O)[nH]c2=O)[C@@H](C)C1OP(OCCC#N)N(C(C)C)C(C)C. The highest BCUT2D eigenvalue weighted by atomic mass is 31.2. The van der Waals surface area contributed by atoms with E-state index in [9.17, 15) is 14.4 Å². The summed E-state index contributed by atoms with van der Waals surface area (Å²) in [5, 5.41) is 11.3. The van der Waals surface area contributed by atoms with Crippen LogP contribution in [-0.4, -0.2) is 58.1 Å². The molecule has 1 amide bonds. The Labute approximate surface area is 201 Å². The van der Waals surface area contributed by atoms with Crippen LogP contribution in [0, 0.1) is 17.2 Å². The first kappa shape index (κ1) is 28.1. The first-order valence-corrected chi connectivity index (χ1v) is 12.7. The second kappa shape index (κ2) is 12.6. The summed E-state index contributed by atoms with van der Waals surface area (Å²) < 4.78 is 22.2. The van der Waals surface area contributed by atoms with Gasteiger partial charge in [-0.1, -0.05) is 13.8 Å². The van der Waals surface area contributed by atoms with E-state index in [1.54, 1.807) is 0 Å². The van der Waals surface area contributed by atoms with Gasteiger partial charge in [-0.3, -0.25) is 19.1 Å². The van der Waals surface area contributed by atoms with E-state index in [1.807, 2.05) is 13.8 Å². The highest BCUT2D eigenvalue weighted by molar-refractivity contribution is 7.44.